The highest BCUT2D eigenvalue weighted by atomic mass is 16.4. The first-order valence-electron chi connectivity index (χ1n) is 6.48. The molecule has 5 nitrogen and oxygen atoms in total. The van der Waals surface area contributed by atoms with Crippen LogP contribution in [0.2, 0.25) is 0 Å². The van der Waals surface area contributed by atoms with E-state index in [9.17, 15) is 4.79 Å². The molecule has 0 radical (unpaired) electrons. The van der Waals surface area contributed by atoms with Crippen LogP contribution < -0.4 is 0 Å². The van der Waals surface area contributed by atoms with E-state index in [1.165, 1.54) is 0 Å². The van der Waals surface area contributed by atoms with Crippen LogP contribution in [-0.2, 0) is 0 Å². The molecule has 21 heavy (non-hydrogen) atoms. The zero-order valence-electron chi connectivity index (χ0n) is 11.4. The van der Waals surface area contributed by atoms with E-state index in [2.05, 4.69) is 10.1 Å². The standard InChI is InChI=1S/C16H13N3O2/c1-11-7-5-6-10-13(11)19-15(12-8-3-2-4-9-12)17-14(18-19)16(20)21/h2-10H,1H3,(H,20,21). The SMILES string of the molecule is Cc1ccccc1-n1nc(C(=O)O)nc1-c1ccccc1. The summed E-state index contributed by atoms with van der Waals surface area (Å²) in [5.74, 6) is -0.834. The lowest BCUT2D eigenvalue weighted by atomic mass is 10.2. The largest absolute Gasteiger partial charge is 0.475 e. The highest BCUT2D eigenvalue weighted by Crippen LogP contribution is 2.22. The molecule has 1 heterocycles. The van der Waals surface area contributed by atoms with Crippen LogP contribution in [-0.4, -0.2) is 25.8 Å². The molecule has 3 aromatic rings. The van der Waals surface area contributed by atoms with Gasteiger partial charge in [-0.1, -0.05) is 48.5 Å². The van der Waals surface area contributed by atoms with Gasteiger partial charge < -0.3 is 5.11 Å². The molecule has 0 saturated carbocycles. The number of nitrogens with zero attached hydrogens (tertiary/aromatic N) is 3. The summed E-state index contributed by atoms with van der Waals surface area (Å²) in [5.41, 5.74) is 2.63. The van der Waals surface area contributed by atoms with Gasteiger partial charge >= 0.3 is 5.97 Å². The van der Waals surface area contributed by atoms with Gasteiger partial charge in [0.05, 0.1) is 5.69 Å². The zero-order valence-corrected chi connectivity index (χ0v) is 11.4. The number of para-hydroxylation sites is 1. The highest BCUT2D eigenvalue weighted by molar-refractivity contribution is 5.84. The van der Waals surface area contributed by atoms with Crippen molar-refractivity contribution in [3.8, 4) is 17.1 Å². The Balaban J connectivity index is 2.24. The van der Waals surface area contributed by atoms with Crippen molar-refractivity contribution in [2.45, 2.75) is 6.92 Å². The summed E-state index contributed by atoms with van der Waals surface area (Å²) in [6.07, 6.45) is 0. The third kappa shape index (κ3) is 2.41. The number of benzene rings is 2. The van der Waals surface area contributed by atoms with Crippen molar-refractivity contribution in [1.29, 1.82) is 0 Å². The Bertz CT molecular complexity index is 794. The predicted molar refractivity (Wildman–Crippen MR) is 78.5 cm³/mol. The minimum absolute atomic E-state index is 0.211. The first-order chi connectivity index (χ1) is 10.2. The van der Waals surface area contributed by atoms with Crippen LogP contribution in [0.15, 0.2) is 54.6 Å². The molecule has 0 fully saturated rings. The van der Waals surface area contributed by atoms with Gasteiger partial charge in [-0.25, -0.2) is 14.5 Å². The molecule has 0 bridgehead atoms. The zero-order chi connectivity index (χ0) is 14.8. The molecule has 0 aliphatic carbocycles. The van der Waals surface area contributed by atoms with Crippen molar-refractivity contribution >= 4 is 5.97 Å². The smallest absolute Gasteiger partial charge is 0.375 e. The molecule has 0 aliphatic heterocycles. The van der Waals surface area contributed by atoms with Gasteiger partial charge in [0.2, 0.25) is 0 Å². The van der Waals surface area contributed by atoms with Gasteiger partial charge in [0, 0.05) is 5.56 Å². The molecule has 104 valence electrons. The number of aromatic carboxylic acids is 1. The van der Waals surface area contributed by atoms with Gasteiger partial charge in [-0.15, -0.1) is 5.10 Å². The number of aryl methyl sites for hydroxylation is 1. The Kier molecular flexibility index (Phi) is 3.23. The second-order valence-electron chi connectivity index (χ2n) is 4.63. The number of aromatic nitrogens is 3. The van der Waals surface area contributed by atoms with E-state index in [1.807, 2.05) is 61.5 Å². The third-order valence-electron chi connectivity index (χ3n) is 3.17. The van der Waals surface area contributed by atoms with Crippen LogP contribution in [0.3, 0.4) is 0 Å². The Morgan fingerprint density at radius 2 is 1.71 bits per heavy atom. The van der Waals surface area contributed by atoms with Gasteiger partial charge in [-0.05, 0) is 18.6 Å². The van der Waals surface area contributed by atoms with E-state index < -0.39 is 5.97 Å². The lowest BCUT2D eigenvalue weighted by molar-refractivity contribution is 0.0683. The molecule has 3 rings (SSSR count). The molecule has 0 amide bonds. The van der Waals surface area contributed by atoms with E-state index in [1.54, 1.807) is 4.68 Å². The second-order valence-corrected chi connectivity index (χ2v) is 4.63. The molecule has 0 spiro atoms. The fourth-order valence-electron chi connectivity index (χ4n) is 2.15. The molecule has 0 atom stereocenters. The summed E-state index contributed by atoms with van der Waals surface area (Å²) in [5, 5.41) is 13.3. The molecular formula is C16H13N3O2. The lowest BCUT2D eigenvalue weighted by Crippen LogP contribution is -2.03. The van der Waals surface area contributed by atoms with Crippen molar-refractivity contribution in [3.05, 3.63) is 66.0 Å². The summed E-state index contributed by atoms with van der Waals surface area (Å²) >= 11 is 0. The van der Waals surface area contributed by atoms with Crippen LogP contribution >= 0.6 is 0 Å². The van der Waals surface area contributed by atoms with Crippen LogP contribution in [0.5, 0.6) is 0 Å². The fourth-order valence-corrected chi connectivity index (χ4v) is 2.15. The van der Waals surface area contributed by atoms with Crippen LogP contribution in [0.25, 0.3) is 17.1 Å². The molecule has 0 unspecified atom stereocenters. The Morgan fingerprint density at radius 3 is 2.38 bits per heavy atom. The quantitative estimate of drug-likeness (QED) is 0.800. The Labute approximate surface area is 121 Å². The maximum absolute atomic E-state index is 11.2. The third-order valence-corrected chi connectivity index (χ3v) is 3.17. The first kappa shape index (κ1) is 13.1. The summed E-state index contributed by atoms with van der Waals surface area (Å²) in [6.45, 7) is 1.95. The van der Waals surface area contributed by atoms with E-state index in [0.717, 1.165) is 16.8 Å². The highest BCUT2D eigenvalue weighted by Gasteiger charge is 2.18. The van der Waals surface area contributed by atoms with Crippen LogP contribution in [0, 0.1) is 6.92 Å². The minimum atomic E-state index is -1.14. The van der Waals surface area contributed by atoms with Gasteiger partial charge in [0.1, 0.15) is 0 Å². The first-order valence-corrected chi connectivity index (χ1v) is 6.48. The van der Waals surface area contributed by atoms with Crippen LogP contribution in [0.1, 0.15) is 16.2 Å². The van der Waals surface area contributed by atoms with E-state index >= 15 is 0 Å². The van der Waals surface area contributed by atoms with Crippen molar-refractivity contribution in [2.24, 2.45) is 0 Å². The van der Waals surface area contributed by atoms with E-state index in [0.29, 0.717) is 5.82 Å². The topological polar surface area (TPSA) is 68.0 Å². The number of carboxylic acids is 1. The van der Waals surface area contributed by atoms with Crippen LogP contribution in [0.4, 0.5) is 0 Å². The van der Waals surface area contributed by atoms with Gasteiger partial charge in [-0.3, -0.25) is 0 Å². The normalized spacial score (nSPS) is 10.5. The Morgan fingerprint density at radius 1 is 1.05 bits per heavy atom. The van der Waals surface area contributed by atoms with Crippen molar-refractivity contribution in [3.63, 3.8) is 0 Å². The predicted octanol–water partition coefficient (Wildman–Crippen LogP) is 2.94. The molecule has 0 saturated heterocycles. The van der Waals surface area contributed by atoms with Crippen molar-refractivity contribution in [1.82, 2.24) is 14.8 Å². The maximum atomic E-state index is 11.2. The number of hydrogen-bond donors (Lipinski definition) is 1. The fraction of sp³-hybridized carbons (Fsp3) is 0.0625. The number of hydrogen-bond acceptors (Lipinski definition) is 3. The maximum Gasteiger partial charge on any atom is 0.375 e. The molecule has 5 heteroatoms. The van der Waals surface area contributed by atoms with Crippen molar-refractivity contribution in [2.75, 3.05) is 0 Å². The monoisotopic (exact) mass is 279 g/mol. The van der Waals surface area contributed by atoms with Gasteiger partial charge in [-0.2, -0.15) is 0 Å². The van der Waals surface area contributed by atoms with Gasteiger partial charge in [0.15, 0.2) is 5.82 Å². The van der Waals surface area contributed by atoms with E-state index in [4.69, 9.17) is 5.11 Å². The average molecular weight is 279 g/mol. The summed E-state index contributed by atoms with van der Waals surface area (Å²) < 4.78 is 1.58. The Hall–Kier alpha value is -2.95. The molecule has 1 N–H and O–H groups in total. The summed E-state index contributed by atoms with van der Waals surface area (Å²) in [7, 11) is 0. The second kappa shape index (κ2) is 5.20. The molecule has 1 aromatic heterocycles. The van der Waals surface area contributed by atoms with E-state index in [-0.39, 0.29) is 5.82 Å². The van der Waals surface area contributed by atoms with Gasteiger partial charge in [0.25, 0.3) is 5.82 Å². The molecule has 0 aliphatic rings. The molecular weight excluding hydrogens is 266 g/mol. The number of carbonyl (C=O) groups is 1. The summed E-state index contributed by atoms with van der Waals surface area (Å²) in [4.78, 5) is 15.3. The lowest BCUT2D eigenvalue weighted by Gasteiger charge is -2.08. The molecule has 2 aromatic carbocycles. The summed E-state index contributed by atoms with van der Waals surface area (Å²) in [6, 6.07) is 17.1. The van der Waals surface area contributed by atoms with Crippen molar-refractivity contribution < 1.29 is 9.90 Å². The number of carboxylic acid groups (broad SMARTS) is 1. The number of rotatable bonds is 3. The minimum Gasteiger partial charge on any atom is -0.475 e. The average Bonchev–Trinajstić information content (AvgIpc) is 2.94.